The zero-order valence-electron chi connectivity index (χ0n) is 11.7. The van der Waals surface area contributed by atoms with Crippen molar-refractivity contribution in [3.05, 3.63) is 69.7 Å². The van der Waals surface area contributed by atoms with E-state index in [0.717, 1.165) is 5.56 Å². The topological polar surface area (TPSA) is 78.8 Å². The van der Waals surface area contributed by atoms with Crippen LogP contribution in [0.25, 0.3) is 0 Å². The molecule has 0 aliphatic heterocycles. The largest absolute Gasteiger partial charge is 0.478 e. The molecule has 0 saturated carbocycles. The molecular weight excluding hydrogens is 304 g/mol. The number of aromatic carboxylic acids is 1. The fourth-order valence-electron chi connectivity index (χ4n) is 1.68. The minimum Gasteiger partial charge on any atom is -0.478 e. The van der Waals surface area contributed by atoms with Gasteiger partial charge in [-0.1, -0.05) is 29.8 Å². The third-order valence-corrected chi connectivity index (χ3v) is 3.38. The predicted molar refractivity (Wildman–Crippen MR) is 84.7 cm³/mol. The van der Waals surface area contributed by atoms with Crippen LogP contribution in [0.5, 0.6) is 0 Å². The first-order valence-corrected chi connectivity index (χ1v) is 6.78. The molecular formula is C16H13ClN2O3. The monoisotopic (exact) mass is 316 g/mol. The van der Waals surface area contributed by atoms with Gasteiger partial charge >= 0.3 is 5.97 Å². The van der Waals surface area contributed by atoms with Crippen LogP contribution in [-0.2, 0) is 0 Å². The SMILES string of the molecule is Cc1ccc(C(=O)N/N=C\c2ccc(C(=O)O)cc2)cc1Cl. The van der Waals surface area contributed by atoms with Crippen molar-refractivity contribution in [2.75, 3.05) is 0 Å². The highest BCUT2D eigenvalue weighted by Crippen LogP contribution is 2.16. The summed E-state index contributed by atoms with van der Waals surface area (Å²) in [5.41, 5.74) is 4.55. The van der Waals surface area contributed by atoms with Crippen LogP contribution in [-0.4, -0.2) is 23.2 Å². The second kappa shape index (κ2) is 6.87. The normalized spacial score (nSPS) is 10.6. The number of amides is 1. The Bertz CT molecular complexity index is 740. The van der Waals surface area contributed by atoms with Crippen LogP contribution in [0, 0.1) is 6.92 Å². The second-order valence-corrected chi connectivity index (χ2v) is 5.00. The Balaban J connectivity index is 2.00. The predicted octanol–water partition coefficient (Wildman–Crippen LogP) is 3.11. The summed E-state index contributed by atoms with van der Waals surface area (Å²) in [5, 5.41) is 13.1. The van der Waals surface area contributed by atoms with Gasteiger partial charge in [-0.05, 0) is 42.3 Å². The first-order chi connectivity index (χ1) is 10.5. The number of hydrazone groups is 1. The number of carbonyl (C=O) groups excluding carboxylic acids is 1. The van der Waals surface area contributed by atoms with Crippen LogP contribution in [0.15, 0.2) is 47.6 Å². The number of nitrogens with zero attached hydrogens (tertiary/aromatic N) is 1. The summed E-state index contributed by atoms with van der Waals surface area (Å²) in [6, 6.07) is 11.1. The zero-order chi connectivity index (χ0) is 16.1. The molecule has 0 heterocycles. The first kappa shape index (κ1) is 15.7. The fraction of sp³-hybridized carbons (Fsp3) is 0.0625. The Morgan fingerprint density at radius 2 is 1.77 bits per heavy atom. The summed E-state index contributed by atoms with van der Waals surface area (Å²) >= 11 is 5.96. The Morgan fingerprint density at radius 3 is 2.36 bits per heavy atom. The molecule has 112 valence electrons. The number of nitrogens with one attached hydrogen (secondary N) is 1. The molecule has 5 nitrogen and oxygen atoms in total. The molecule has 0 aromatic heterocycles. The quantitative estimate of drug-likeness (QED) is 0.672. The second-order valence-electron chi connectivity index (χ2n) is 4.59. The molecule has 0 fully saturated rings. The number of hydrogen-bond acceptors (Lipinski definition) is 3. The molecule has 0 aliphatic carbocycles. The molecule has 2 N–H and O–H groups in total. The van der Waals surface area contributed by atoms with Gasteiger partial charge in [0.1, 0.15) is 0 Å². The van der Waals surface area contributed by atoms with Crippen molar-refractivity contribution in [2.45, 2.75) is 6.92 Å². The van der Waals surface area contributed by atoms with Gasteiger partial charge in [0.15, 0.2) is 0 Å². The van der Waals surface area contributed by atoms with Gasteiger partial charge in [-0.3, -0.25) is 4.79 Å². The van der Waals surface area contributed by atoms with Gasteiger partial charge in [-0.25, -0.2) is 10.2 Å². The molecule has 2 aromatic carbocycles. The van der Waals surface area contributed by atoms with Gasteiger partial charge in [0, 0.05) is 10.6 Å². The van der Waals surface area contributed by atoms with Crippen molar-refractivity contribution in [1.29, 1.82) is 0 Å². The maximum atomic E-state index is 11.9. The number of aryl methyl sites for hydroxylation is 1. The van der Waals surface area contributed by atoms with E-state index in [2.05, 4.69) is 10.5 Å². The molecule has 0 unspecified atom stereocenters. The number of carbonyl (C=O) groups is 2. The number of rotatable bonds is 4. The standard InChI is InChI=1S/C16H13ClN2O3/c1-10-2-5-13(8-14(10)17)15(20)19-18-9-11-3-6-12(7-4-11)16(21)22/h2-9H,1H3,(H,19,20)(H,21,22)/b18-9-. The molecule has 22 heavy (non-hydrogen) atoms. The van der Waals surface area contributed by atoms with Gasteiger partial charge in [0.05, 0.1) is 11.8 Å². The smallest absolute Gasteiger partial charge is 0.335 e. The molecule has 1 amide bonds. The summed E-state index contributed by atoms with van der Waals surface area (Å²) in [6.07, 6.45) is 1.43. The van der Waals surface area contributed by atoms with E-state index in [1.54, 1.807) is 30.3 Å². The molecule has 6 heteroatoms. The molecule has 0 spiro atoms. The lowest BCUT2D eigenvalue weighted by atomic mass is 10.1. The number of benzene rings is 2. The lowest BCUT2D eigenvalue weighted by Gasteiger charge is -2.02. The summed E-state index contributed by atoms with van der Waals surface area (Å²) < 4.78 is 0. The third-order valence-electron chi connectivity index (χ3n) is 2.97. The van der Waals surface area contributed by atoms with Gasteiger partial charge in [0.2, 0.25) is 0 Å². The van der Waals surface area contributed by atoms with E-state index >= 15 is 0 Å². The average Bonchev–Trinajstić information content (AvgIpc) is 2.50. The number of halogens is 1. The maximum absolute atomic E-state index is 11.9. The average molecular weight is 317 g/mol. The molecule has 2 aromatic rings. The molecule has 2 rings (SSSR count). The Kier molecular flexibility index (Phi) is 4.91. The number of hydrogen-bond donors (Lipinski definition) is 2. The molecule has 0 aliphatic rings. The van der Waals surface area contributed by atoms with E-state index in [4.69, 9.17) is 16.7 Å². The Morgan fingerprint density at radius 1 is 1.14 bits per heavy atom. The maximum Gasteiger partial charge on any atom is 0.335 e. The molecule has 0 saturated heterocycles. The fourth-order valence-corrected chi connectivity index (χ4v) is 1.86. The molecule has 0 bridgehead atoms. The zero-order valence-corrected chi connectivity index (χ0v) is 12.5. The van der Waals surface area contributed by atoms with Crippen LogP contribution >= 0.6 is 11.6 Å². The van der Waals surface area contributed by atoms with Crippen molar-refractivity contribution in [2.24, 2.45) is 5.10 Å². The van der Waals surface area contributed by atoms with E-state index in [9.17, 15) is 9.59 Å². The van der Waals surface area contributed by atoms with Crippen molar-refractivity contribution in [3.63, 3.8) is 0 Å². The summed E-state index contributed by atoms with van der Waals surface area (Å²) in [5.74, 6) is -1.37. The van der Waals surface area contributed by atoms with Gasteiger partial charge in [-0.15, -0.1) is 0 Å². The minimum absolute atomic E-state index is 0.190. The number of carboxylic acids is 1. The van der Waals surface area contributed by atoms with Gasteiger partial charge in [0.25, 0.3) is 5.91 Å². The summed E-state index contributed by atoms with van der Waals surface area (Å²) in [4.78, 5) is 22.6. The highest BCUT2D eigenvalue weighted by atomic mass is 35.5. The van der Waals surface area contributed by atoms with Crippen molar-refractivity contribution in [1.82, 2.24) is 5.43 Å². The van der Waals surface area contributed by atoms with Gasteiger partial charge in [-0.2, -0.15) is 5.10 Å². The lowest BCUT2D eigenvalue weighted by Crippen LogP contribution is -2.17. The number of carboxylic acid groups (broad SMARTS) is 1. The third kappa shape index (κ3) is 3.93. The Hall–Kier alpha value is -2.66. The van der Waals surface area contributed by atoms with Crippen LogP contribution in [0.1, 0.15) is 31.8 Å². The van der Waals surface area contributed by atoms with Crippen LogP contribution in [0.3, 0.4) is 0 Å². The lowest BCUT2D eigenvalue weighted by molar-refractivity contribution is 0.0696. The van der Waals surface area contributed by atoms with Gasteiger partial charge < -0.3 is 5.11 Å². The Labute approximate surface area is 132 Å². The summed E-state index contributed by atoms with van der Waals surface area (Å²) in [7, 11) is 0. The van der Waals surface area contributed by atoms with Crippen LogP contribution in [0.4, 0.5) is 0 Å². The minimum atomic E-state index is -0.993. The van der Waals surface area contributed by atoms with E-state index in [0.29, 0.717) is 16.1 Å². The first-order valence-electron chi connectivity index (χ1n) is 6.40. The van der Waals surface area contributed by atoms with Crippen LogP contribution in [0.2, 0.25) is 5.02 Å². The van der Waals surface area contributed by atoms with E-state index < -0.39 is 5.97 Å². The van der Waals surface area contributed by atoms with E-state index in [1.165, 1.54) is 18.3 Å². The molecule has 0 radical (unpaired) electrons. The van der Waals surface area contributed by atoms with Crippen molar-refractivity contribution < 1.29 is 14.7 Å². The van der Waals surface area contributed by atoms with E-state index in [-0.39, 0.29) is 11.5 Å². The van der Waals surface area contributed by atoms with Crippen molar-refractivity contribution >= 4 is 29.7 Å². The molecule has 0 atom stereocenters. The highest BCUT2D eigenvalue weighted by molar-refractivity contribution is 6.31. The van der Waals surface area contributed by atoms with Crippen molar-refractivity contribution in [3.8, 4) is 0 Å². The highest BCUT2D eigenvalue weighted by Gasteiger charge is 2.06. The van der Waals surface area contributed by atoms with E-state index in [1.807, 2.05) is 6.92 Å². The van der Waals surface area contributed by atoms with Crippen LogP contribution < -0.4 is 5.43 Å². The summed E-state index contributed by atoms with van der Waals surface area (Å²) in [6.45, 7) is 1.85.